The zero-order valence-corrected chi connectivity index (χ0v) is 50.9. The summed E-state index contributed by atoms with van der Waals surface area (Å²) in [6.07, 6.45) is 5.83. The molecule has 3 aromatic heterocycles. The molecule has 0 radical (unpaired) electrons. The maximum atomic E-state index is 9.40. The Morgan fingerprint density at radius 3 is 1.71 bits per heavy atom. The smallest absolute Gasteiger partial charge is 0.268 e. The molecule has 0 saturated carbocycles. The van der Waals surface area contributed by atoms with Crippen molar-refractivity contribution in [2.24, 2.45) is 0 Å². The van der Waals surface area contributed by atoms with Crippen LogP contribution in [0.25, 0.3) is 106 Å². The molecule has 0 unspecified atom stereocenters. The van der Waals surface area contributed by atoms with Crippen LogP contribution in [0.15, 0.2) is 194 Å². The van der Waals surface area contributed by atoms with Gasteiger partial charge < -0.3 is 13.9 Å². The molecule has 0 spiro atoms. The second-order valence-corrected chi connectivity index (χ2v) is 25.8. The standard InChI is InChI=1S/C76H68N4O.Pt/c1-73(2,3)51-35-36-77-70(44-51)80-67-32-21-20-31-62(67)63-34-33-57(46-68(63)80)81-56-26-22-25-55(45-56)78-47-79-71-64(50-37-52(74(4,5)6)41-53(38-50)75(7,8)9)42-54(76(10,11)12)43-66(71)61-30-19-17-28-59(61)58-27-16-18-29-60(58)65-39-49(40-69(78)72(65)79)48-23-14-13-15-24-48;/h13-44H,1-12H3;/q-2;/i13D,14D,15D,23D,24D;. The van der Waals surface area contributed by atoms with Crippen molar-refractivity contribution >= 4 is 32.8 Å². The van der Waals surface area contributed by atoms with Crippen LogP contribution in [-0.4, -0.2) is 14.1 Å². The summed E-state index contributed by atoms with van der Waals surface area (Å²) in [5.41, 5.74) is 17.3. The fourth-order valence-electron chi connectivity index (χ4n) is 11.5. The van der Waals surface area contributed by atoms with Crippen molar-refractivity contribution in [1.82, 2.24) is 14.1 Å². The van der Waals surface area contributed by atoms with Gasteiger partial charge in [-0.2, -0.15) is 18.2 Å². The normalized spacial score (nSPS) is 13.4. The minimum Gasteiger partial charge on any atom is -0.510 e. The van der Waals surface area contributed by atoms with Crippen molar-refractivity contribution in [3.8, 4) is 84.3 Å². The molecule has 410 valence electrons. The van der Waals surface area contributed by atoms with E-state index < -0.39 is 18.1 Å². The van der Waals surface area contributed by atoms with Gasteiger partial charge in [0.2, 0.25) is 0 Å². The Labute approximate surface area is 505 Å². The monoisotopic (exact) mass is 1250 g/mol. The first-order chi connectivity index (χ1) is 40.7. The van der Waals surface area contributed by atoms with Crippen LogP contribution in [0.2, 0.25) is 0 Å². The van der Waals surface area contributed by atoms with Gasteiger partial charge in [0.15, 0.2) is 0 Å². The van der Waals surface area contributed by atoms with E-state index in [4.69, 9.17) is 13.8 Å². The van der Waals surface area contributed by atoms with Gasteiger partial charge in [-0.25, -0.2) is 4.98 Å². The van der Waals surface area contributed by atoms with Crippen molar-refractivity contribution in [1.29, 1.82) is 0 Å². The third-order valence-corrected chi connectivity index (χ3v) is 16.1. The van der Waals surface area contributed by atoms with Crippen molar-refractivity contribution < 1.29 is 37.2 Å². The molecule has 1 aliphatic rings. The van der Waals surface area contributed by atoms with Crippen LogP contribution in [0.1, 0.15) is 112 Å². The van der Waals surface area contributed by atoms with E-state index in [1.807, 2.05) is 59.3 Å². The minimum atomic E-state index is -0.452. The van der Waals surface area contributed by atoms with E-state index >= 15 is 0 Å². The number of imidazole rings is 1. The third kappa shape index (κ3) is 9.61. The molecule has 4 heterocycles. The SMILES string of the molecule is [2H]c1c([2H])c([2H])c(-c2cc3c4c(c2)n(-c2[c-]c(Oc5[c-]c6c(cc5)c5ccccc5n6-c5cc(C(C)(C)C)ccn5)ccc2)[c-][n+]4-c2c(-c4cc(C(C)(C)C)cc(C(C)(C)C)c4)cc(C(C)(C)C)cc2-c2ccccc2-c2ccccc2-3)c([2H])c1[2H].[Pt]. The van der Waals surface area contributed by atoms with E-state index in [1.165, 1.54) is 22.3 Å². The van der Waals surface area contributed by atoms with Crippen molar-refractivity contribution in [2.45, 2.75) is 105 Å². The topological polar surface area (TPSA) is 35.9 Å². The first kappa shape index (κ1) is 48.6. The first-order valence-electron chi connectivity index (χ1n) is 30.5. The quantitative estimate of drug-likeness (QED) is 0.123. The summed E-state index contributed by atoms with van der Waals surface area (Å²) in [6, 6.07) is 60.6. The fraction of sp³-hybridized carbons (Fsp3) is 0.211. The number of rotatable bonds is 6. The number of nitrogens with zero attached hydrogens (tertiary/aromatic N) is 4. The van der Waals surface area contributed by atoms with Gasteiger partial charge in [-0.05, 0) is 135 Å². The first-order valence-corrected chi connectivity index (χ1v) is 28.0. The van der Waals surface area contributed by atoms with E-state index in [0.29, 0.717) is 28.3 Å². The average Bonchev–Trinajstić information content (AvgIpc) is 1.98. The maximum absolute atomic E-state index is 9.40. The van der Waals surface area contributed by atoms with Crippen molar-refractivity contribution in [3.63, 3.8) is 0 Å². The predicted molar refractivity (Wildman–Crippen MR) is 336 cm³/mol. The number of aromatic nitrogens is 4. The molecule has 1 aliphatic heterocycles. The molecular weight excluding hydrogens is 1180 g/mol. The summed E-state index contributed by atoms with van der Waals surface area (Å²) in [4.78, 5) is 4.91. The number of fused-ring (bicyclic) bond motifs is 10. The molecule has 6 heteroatoms. The largest absolute Gasteiger partial charge is 0.510 e. The van der Waals surface area contributed by atoms with Gasteiger partial charge in [0.05, 0.1) is 23.6 Å². The molecular formula is C76H68N4OPt-2. The maximum Gasteiger partial charge on any atom is 0.268 e. The zero-order valence-electron chi connectivity index (χ0n) is 53.6. The number of ether oxygens (including phenoxy) is 1. The van der Waals surface area contributed by atoms with Crippen LogP contribution >= 0.6 is 0 Å². The van der Waals surface area contributed by atoms with Crippen LogP contribution in [0.4, 0.5) is 0 Å². The molecule has 13 rings (SSSR count). The number of pyridine rings is 1. The molecule has 0 saturated heterocycles. The van der Waals surface area contributed by atoms with E-state index in [0.717, 1.165) is 83.3 Å². The van der Waals surface area contributed by atoms with E-state index in [9.17, 15) is 2.74 Å². The molecule has 12 aromatic rings. The van der Waals surface area contributed by atoms with Gasteiger partial charge in [-0.3, -0.25) is 4.57 Å². The van der Waals surface area contributed by atoms with Gasteiger partial charge >= 0.3 is 0 Å². The second-order valence-electron chi connectivity index (χ2n) is 25.8. The van der Waals surface area contributed by atoms with Crippen LogP contribution in [-0.2, 0) is 42.7 Å². The second kappa shape index (κ2) is 20.1. The Morgan fingerprint density at radius 1 is 0.463 bits per heavy atom. The molecule has 82 heavy (non-hydrogen) atoms. The van der Waals surface area contributed by atoms with Gasteiger partial charge in [0.25, 0.3) is 6.33 Å². The predicted octanol–water partition coefficient (Wildman–Crippen LogP) is 19.4. The van der Waals surface area contributed by atoms with Gasteiger partial charge in [-0.15, -0.1) is 29.7 Å². The Morgan fingerprint density at radius 2 is 1.05 bits per heavy atom. The number of hydrogen-bond acceptors (Lipinski definition) is 2. The number of benzene rings is 9. The van der Waals surface area contributed by atoms with E-state index in [2.05, 4.69) is 220 Å². The van der Waals surface area contributed by atoms with Gasteiger partial charge in [-0.1, -0.05) is 222 Å². The molecule has 0 atom stereocenters. The third-order valence-electron chi connectivity index (χ3n) is 16.1. The van der Waals surface area contributed by atoms with Crippen molar-refractivity contribution in [3.05, 3.63) is 235 Å². The average molecular weight is 1250 g/mol. The minimum absolute atomic E-state index is 0. The summed E-state index contributed by atoms with van der Waals surface area (Å²) in [7, 11) is 0. The molecule has 0 bridgehead atoms. The molecule has 0 N–H and O–H groups in total. The fourth-order valence-corrected chi connectivity index (χ4v) is 11.5. The molecule has 5 nitrogen and oxygen atoms in total. The summed E-state index contributed by atoms with van der Waals surface area (Å²) in [5, 5.41) is 2.10. The zero-order chi connectivity index (χ0) is 60.7. The van der Waals surface area contributed by atoms with Crippen LogP contribution < -0.4 is 9.30 Å². The van der Waals surface area contributed by atoms with Gasteiger partial charge in [0.1, 0.15) is 5.82 Å². The summed E-state index contributed by atoms with van der Waals surface area (Å²) < 4.78 is 58.5. The summed E-state index contributed by atoms with van der Waals surface area (Å²) in [6.45, 7) is 27.1. The summed E-state index contributed by atoms with van der Waals surface area (Å²) >= 11 is 0. The van der Waals surface area contributed by atoms with Gasteiger partial charge in [0, 0.05) is 44.3 Å². The molecule has 9 aromatic carbocycles. The van der Waals surface area contributed by atoms with E-state index in [1.54, 1.807) is 0 Å². The summed E-state index contributed by atoms with van der Waals surface area (Å²) in [5.74, 6) is 1.71. The van der Waals surface area contributed by atoms with Crippen LogP contribution in [0.3, 0.4) is 0 Å². The molecule has 0 amide bonds. The Kier molecular flexibility index (Phi) is 11.9. The van der Waals surface area contributed by atoms with E-state index in [-0.39, 0.29) is 60.4 Å². The molecule has 0 fully saturated rings. The van der Waals surface area contributed by atoms with Crippen molar-refractivity contribution in [2.75, 3.05) is 0 Å². The Bertz CT molecular complexity index is 4730. The number of para-hydroxylation sites is 1. The Hall–Kier alpha value is -8.11. The number of hydrogen-bond donors (Lipinski definition) is 0. The molecule has 0 aliphatic carbocycles. The van der Waals surface area contributed by atoms with Crippen LogP contribution in [0.5, 0.6) is 11.5 Å². The Balaban J connectivity index is 0.00000739. The van der Waals surface area contributed by atoms with Crippen LogP contribution in [0, 0.1) is 18.5 Å².